The van der Waals surface area contributed by atoms with E-state index in [2.05, 4.69) is 27.7 Å². The first-order valence-corrected chi connectivity index (χ1v) is 13.8. The van der Waals surface area contributed by atoms with Gasteiger partial charge in [0.15, 0.2) is 0 Å². The van der Waals surface area contributed by atoms with Crippen molar-refractivity contribution in [2.24, 2.45) is 45.3 Å². The van der Waals surface area contributed by atoms with E-state index in [9.17, 15) is 20.4 Å². The highest BCUT2D eigenvalue weighted by Gasteiger charge is 2.69. The van der Waals surface area contributed by atoms with E-state index >= 15 is 0 Å². The van der Waals surface area contributed by atoms with Gasteiger partial charge in [0.2, 0.25) is 0 Å². The molecule has 4 nitrogen and oxygen atoms in total. The van der Waals surface area contributed by atoms with Crippen LogP contribution in [0.25, 0.3) is 0 Å². The number of hydrogen-bond acceptors (Lipinski definition) is 4. The lowest BCUT2D eigenvalue weighted by molar-refractivity contribution is -0.179. The second-order valence-corrected chi connectivity index (χ2v) is 13.8. The normalized spacial score (nSPS) is 49.9. The highest BCUT2D eigenvalue weighted by atomic mass is 16.3. The average molecular weight is 475 g/mol. The Morgan fingerprint density at radius 2 is 1.71 bits per heavy atom. The van der Waals surface area contributed by atoms with Gasteiger partial charge in [-0.15, -0.1) is 0 Å². The van der Waals surface area contributed by atoms with E-state index in [4.69, 9.17) is 0 Å². The van der Waals surface area contributed by atoms with Crippen molar-refractivity contribution in [2.45, 2.75) is 112 Å². The zero-order chi connectivity index (χ0) is 25.3. The molecule has 3 saturated carbocycles. The number of aliphatic hydroxyl groups excluding tert-OH is 4. The summed E-state index contributed by atoms with van der Waals surface area (Å²) < 4.78 is 0. The van der Waals surface area contributed by atoms with E-state index < -0.39 is 17.6 Å². The van der Waals surface area contributed by atoms with Gasteiger partial charge in [0.1, 0.15) is 0 Å². The van der Waals surface area contributed by atoms with Crippen LogP contribution in [0, 0.1) is 45.3 Å². The SMILES string of the molecule is CC(C)=CC(O)CC(C)C1CCC2(C)C3C(O)C=C4C(CCC(O)C4(C)CO)C3(C)CCC12C. The Morgan fingerprint density at radius 1 is 1.03 bits per heavy atom. The van der Waals surface area contributed by atoms with Crippen LogP contribution in [-0.2, 0) is 0 Å². The Kier molecular flexibility index (Phi) is 6.76. The van der Waals surface area contributed by atoms with Crippen LogP contribution in [0.5, 0.6) is 0 Å². The van der Waals surface area contributed by atoms with Crippen molar-refractivity contribution in [2.75, 3.05) is 6.61 Å². The van der Waals surface area contributed by atoms with Crippen LogP contribution in [0.4, 0.5) is 0 Å². The van der Waals surface area contributed by atoms with Crippen molar-refractivity contribution in [1.29, 1.82) is 0 Å². The van der Waals surface area contributed by atoms with Gasteiger partial charge in [-0.1, -0.05) is 57.9 Å². The monoisotopic (exact) mass is 474 g/mol. The molecule has 0 heterocycles. The fourth-order valence-electron chi connectivity index (χ4n) is 9.80. The van der Waals surface area contributed by atoms with E-state index in [1.165, 1.54) is 0 Å². The lowest BCUT2D eigenvalue weighted by Crippen LogP contribution is -2.63. The number of hydrogen-bond donors (Lipinski definition) is 4. The maximum Gasteiger partial charge on any atom is 0.0762 e. The van der Waals surface area contributed by atoms with Crippen LogP contribution in [0.2, 0.25) is 0 Å². The summed E-state index contributed by atoms with van der Waals surface area (Å²) in [4.78, 5) is 0. The van der Waals surface area contributed by atoms with Gasteiger partial charge in [-0.05, 0) is 92.8 Å². The first-order chi connectivity index (χ1) is 15.7. The van der Waals surface area contributed by atoms with Gasteiger partial charge < -0.3 is 20.4 Å². The first-order valence-electron chi connectivity index (χ1n) is 13.8. The van der Waals surface area contributed by atoms with Crippen LogP contribution < -0.4 is 0 Å². The van der Waals surface area contributed by atoms with Crippen molar-refractivity contribution in [3.63, 3.8) is 0 Å². The highest BCUT2D eigenvalue weighted by Crippen LogP contribution is 2.74. The predicted molar refractivity (Wildman–Crippen MR) is 137 cm³/mol. The fourth-order valence-corrected chi connectivity index (χ4v) is 9.80. The molecule has 0 saturated heterocycles. The topological polar surface area (TPSA) is 80.9 Å². The molecule has 0 amide bonds. The van der Waals surface area contributed by atoms with Crippen molar-refractivity contribution in [3.8, 4) is 0 Å². The molecule has 4 heteroatoms. The molecule has 0 bridgehead atoms. The van der Waals surface area contributed by atoms with E-state index in [1.807, 2.05) is 32.9 Å². The zero-order valence-electron chi connectivity index (χ0n) is 22.6. The Balaban J connectivity index is 1.69. The molecule has 4 rings (SSSR count). The molecule has 0 radical (unpaired) electrons. The average Bonchev–Trinajstić information content (AvgIpc) is 3.01. The Labute approximate surface area is 207 Å². The van der Waals surface area contributed by atoms with Gasteiger partial charge in [-0.2, -0.15) is 0 Å². The van der Waals surface area contributed by atoms with Gasteiger partial charge in [0, 0.05) is 11.3 Å². The lowest BCUT2D eigenvalue weighted by Gasteiger charge is -2.67. The molecular formula is C30H50O4. The zero-order valence-corrected chi connectivity index (χ0v) is 22.6. The summed E-state index contributed by atoms with van der Waals surface area (Å²) in [7, 11) is 0. The van der Waals surface area contributed by atoms with E-state index in [0.29, 0.717) is 24.2 Å². The van der Waals surface area contributed by atoms with Crippen molar-refractivity contribution in [1.82, 2.24) is 0 Å². The quantitative estimate of drug-likeness (QED) is 0.410. The second-order valence-electron chi connectivity index (χ2n) is 13.8. The van der Waals surface area contributed by atoms with Crippen LogP contribution in [0.15, 0.2) is 23.3 Å². The minimum absolute atomic E-state index is 0.0213. The second kappa shape index (κ2) is 8.71. The van der Waals surface area contributed by atoms with Gasteiger partial charge in [-0.25, -0.2) is 0 Å². The van der Waals surface area contributed by atoms with Crippen LogP contribution in [0.1, 0.15) is 93.4 Å². The molecule has 11 unspecified atom stereocenters. The summed E-state index contributed by atoms with van der Waals surface area (Å²) in [6, 6.07) is 0. The maximum atomic E-state index is 11.7. The van der Waals surface area contributed by atoms with Gasteiger partial charge in [-0.3, -0.25) is 0 Å². The molecule has 11 atom stereocenters. The summed E-state index contributed by atoms with van der Waals surface area (Å²) in [5.41, 5.74) is 1.72. The Morgan fingerprint density at radius 3 is 2.32 bits per heavy atom. The Hall–Kier alpha value is -0.680. The van der Waals surface area contributed by atoms with Crippen LogP contribution in [0.3, 0.4) is 0 Å². The highest BCUT2D eigenvalue weighted by molar-refractivity contribution is 5.33. The summed E-state index contributed by atoms with van der Waals surface area (Å²) in [5, 5.41) is 43.4. The standard InChI is InChI=1S/C30H50O4/c1-18(2)14-20(32)15-19(3)21-10-11-30(7)26-24(33)16-23-22(8-9-25(34)28(23,5)17-31)27(26,4)12-13-29(21,30)6/h14,16,19-22,24-26,31-34H,8-13,15,17H2,1-7H3. The van der Waals surface area contributed by atoms with Crippen molar-refractivity contribution >= 4 is 0 Å². The molecule has 4 aliphatic rings. The lowest BCUT2D eigenvalue weighted by atomic mass is 9.38. The minimum Gasteiger partial charge on any atom is -0.395 e. The molecule has 0 aromatic carbocycles. The third-order valence-corrected chi connectivity index (χ3v) is 11.8. The summed E-state index contributed by atoms with van der Waals surface area (Å²) in [6.45, 7) is 15.6. The predicted octanol–water partition coefficient (Wildman–Crippen LogP) is 5.25. The van der Waals surface area contributed by atoms with Crippen LogP contribution in [-0.4, -0.2) is 45.3 Å². The number of rotatable bonds is 5. The minimum atomic E-state index is -0.659. The molecule has 0 aromatic rings. The molecule has 194 valence electrons. The molecule has 0 aliphatic heterocycles. The smallest absolute Gasteiger partial charge is 0.0762 e. The first kappa shape index (κ1) is 26.4. The number of fused-ring (bicyclic) bond motifs is 5. The summed E-state index contributed by atoms with van der Waals surface area (Å²) in [6.07, 6.45) is 9.46. The maximum absolute atomic E-state index is 11.7. The van der Waals surface area contributed by atoms with E-state index in [1.54, 1.807) is 0 Å². The molecule has 0 spiro atoms. The molecule has 3 fully saturated rings. The van der Waals surface area contributed by atoms with Crippen molar-refractivity contribution < 1.29 is 20.4 Å². The van der Waals surface area contributed by atoms with Crippen molar-refractivity contribution in [3.05, 3.63) is 23.3 Å². The van der Waals surface area contributed by atoms with Crippen LogP contribution >= 0.6 is 0 Å². The molecule has 34 heavy (non-hydrogen) atoms. The molecule has 4 N–H and O–H groups in total. The summed E-state index contributed by atoms with van der Waals surface area (Å²) in [5.74, 6) is 1.44. The molecule has 0 aromatic heterocycles. The Bertz CT molecular complexity index is 845. The van der Waals surface area contributed by atoms with E-state index in [0.717, 1.165) is 49.7 Å². The third-order valence-electron chi connectivity index (χ3n) is 11.8. The molecule has 4 aliphatic carbocycles. The van der Waals surface area contributed by atoms with Gasteiger partial charge >= 0.3 is 0 Å². The van der Waals surface area contributed by atoms with Gasteiger partial charge in [0.05, 0.1) is 24.9 Å². The number of aliphatic hydroxyl groups is 4. The summed E-state index contributed by atoms with van der Waals surface area (Å²) >= 11 is 0. The largest absolute Gasteiger partial charge is 0.395 e. The molecular weight excluding hydrogens is 424 g/mol. The fraction of sp³-hybridized carbons (Fsp3) is 0.867. The third kappa shape index (κ3) is 3.61. The van der Waals surface area contributed by atoms with E-state index in [-0.39, 0.29) is 34.9 Å². The number of allylic oxidation sites excluding steroid dienone is 1. The van der Waals surface area contributed by atoms with Gasteiger partial charge in [0.25, 0.3) is 0 Å².